The summed E-state index contributed by atoms with van der Waals surface area (Å²) in [5, 5.41) is 0. The molecule has 0 spiro atoms. The summed E-state index contributed by atoms with van der Waals surface area (Å²) in [6.07, 6.45) is 12.7. The summed E-state index contributed by atoms with van der Waals surface area (Å²) in [5.74, 6) is 0.119. The van der Waals surface area contributed by atoms with Gasteiger partial charge >= 0.3 is 0 Å². The van der Waals surface area contributed by atoms with E-state index in [1.807, 2.05) is 0 Å². The molecule has 3 rings (SSSR count). The SMILES string of the molecule is CCCc1c(N)ccc(C(c2ccc(N)c(CCC)c2CCC)c2ccc(N)c(CCC)c2CCC)c1CCC. The summed E-state index contributed by atoms with van der Waals surface area (Å²) < 4.78 is 0. The van der Waals surface area contributed by atoms with Crippen LogP contribution in [0.4, 0.5) is 17.1 Å². The summed E-state index contributed by atoms with van der Waals surface area (Å²) >= 11 is 0. The normalized spacial score (nSPS) is 11.5. The highest BCUT2D eigenvalue weighted by atomic mass is 14.6. The molecule has 0 aromatic heterocycles. The van der Waals surface area contributed by atoms with Crippen LogP contribution in [-0.4, -0.2) is 0 Å². The molecule has 0 saturated heterocycles. The van der Waals surface area contributed by atoms with E-state index < -0.39 is 0 Å². The molecule has 3 aromatic rings. The Labute approximate surface area is 244 Å². The van der Waals surface area contributed by atoms with Crippen LogP contribution in [0.2, 0.25) is 0 Å². The van der Waals surface area contributed by atoms with E-state index in [4.69, 9.17) is 17.2 Å². The number of rotatable bonds is 15. The second-order valence-electron chi connectivity index (χ2n) is 11.5. The summed E-state index contributed by atoms with van der Waals surface area (Å²) in [5.41, 5.74) is 35.4. The van der Waals surface area contributed by atoms with E-state index in [2.05, 4.69) is 77.9 Å². The lowest BCUT2D eigenvalue weighted by Crippen LogP contribution is -2.17. The highest BCUT2D eigenvalue weighted by Gasteiger charge is 2.28. The van der Waals surface area contributed by atoms with Crippen molar-refractivity contribution >= 4 is 17.1 Å². The van der Waals surface area contributed by atoms with Crippen LogP contribution in [-0.2, 0) is 38.5 Å². The molecule has 6 N–H and O–H groups in total. The van der Waals surface area contributed by atoms with Crippen molar-refractivity contribution in [2.24, 2.45) is 0 Å². The minimum atomic E-state index is 0.119. The standard InChI is InChI=1S/C37H55N3/c1-7-13-25-28(16-10-4)34(38)22-19-31(25)37(32-20-23-35(39)29(17-11-5)26(32)14-8-2)33-21-24-36(40)30(18-12-6)27(33)15-9-3/h19-24,37H,7-18,38-40H2,1-6H3. The van der Waals surface area contributed by atoms with E-state index in [0.29, 0.717) is 0 Å². The van der Waals surface area contributed by atoms with Gasteiger partial charge < -0.3 is 17.2 Å². The first kappa shape index (κ1) is 31.6. The predicted molar refractivity (Wildman–Crippen MR) is 177 cm³/mol. The molecule has 0 aliphatic carbocycles. The van der Waals surface area contributed by atoms with Crippen molar-refractivity contribution in [1.29, 1.82) is 0 Å². The predicted octanol–water partition coefficient (Wildman–Crippen LogP) is 9.33. The van der Waals surface area contributed by atoms with Gasteiger partial charge in [-0.2, -0.15) is 0 Å². The number of benzene rings is 3. The summed E-state index contributed by atoms with van der Waals surface area (Å²) in [6.45, 7) is 13.6. The second-order valence-corrected chi connectivity index (χ2v) is 11.5. The molecule has 0 unspecified atom stereocenters. The summed E-state index contributed by atoms with van der Waals surface area (Å²) in [6, 6.07) is 13.5. The van der Waals surface area contributed by atoms with E-state index in [1.165, 1.54) is 50.1 Å². The van der Waals surface area contributed by atoms with E-state index in [0.717, 1.165) is 94.1 Å². The molecule has 0 saturated carbocycles. The van der Waals surface area contributed by atoms with Crippen molar-refractivity contribution in [3.05, 3.63) is 86.5 Å². The first-order chi connectivity index (χ1) is 19.4. The Morgan fingerprint density at radius 1 is 0.375 bits per heavy atom. The Hall–Kier alpha value is -2.94. The number of nitrogens with two attached hydrogens (primary N) is 3. The average Bonchev–Trinajstić information content (AvgIpc) is 2.93. The van der Waals surface area contributed by atoms with Gasteiger partial charge in [-0.1, -0.05) is 98.3 Å². The van der Waals surface area contributed by atoms with Gasteiger partial charge in [-0.15, -0.1) is 0 Å². The van der Waals surface area contributed by atoms with Crippen LogP contribution in [0.25, 0.3) is 0 Å². The molecule has 0 fully saturated rings. The Bertz CT molecular complexity index is 1100. The lowest BCUT2D eigenvalue weighted by molar-refractivity contribution is 0.792. The van der Waals surface area contributed by atoms with Gasteiger partial charge in [-0.3, -0.25) is 0 Å². The number of hydrogen-bond donors (Lipinski definition) is 3. The number of nitrogen functional groups attached to an aromatic ring is 3. The van der Waals surface area contributed by atoms with Gasteiger partial charge in [-0.05, 0) is 107 Å². The van der Waals surface area contributed by atoms with Crippen LogP contribution >= 0.6 is 0 Å². The van der Waals surface area contributed by atoms with Crippen LogP contribution in [0.15, 0.2) is 36.4 Å². The van der Waals surface area contributed by atoms with Crippen molar-refractivity contribution in [2.75, 3.05) is 17.2 Å². The van der Waals surface area contributed by atoms with E-state index in [9.17, 15) is 0 Å². The van der Waals surface area contributed by atoms with Crippen LogP contribution < -0.4 is 17.2 Å². The molecule has 0 aliphatic rings. The topological polar surface area (TPSA) is 78.1 Å². The van der Waals surface area contributed by atoms with Crippen molar-refractivity contribution in [2.45, 2.75) is 125 Å². The quantitative estimate of drug-likeness (QED) is 0.132. The van der Waals surface area contributed by atoms with Crippen LogP contribution in [0.3, 0.4) is 0 Å². The van der Waals surface area contributed by atoms with Crippen molar-refractivity contribution in [3.63, 3.8) is 0 Å². The second kappa shape index (κ2) is 15.2. The molecule has 0 heterocycles. The molecular formula is C37H55N3. The first-order valence-electron chi connectivity index (χ1n) is 16.1. The maximum atomic E-state index is 6.67. The van der Waals surface area contributed by atoms with E-state index >= 15 is 0 Å². The molecule has 0 atom stereocenters. The molecule has 3 aromatic carbocycles. The fourth-order valence-corrected chi connectivity index (χ4v) is 6.77. The Morgan fingerprint density at radius 3 is 0.825 bits per heavy atom. The third-order valence-corrected chi connectivity index (χ3v) is 8.44. The Morgan fingerprint density at radius 2 is 0.600 bits per heavy atom. The van der Waals surface area contributed by atoms with Crippen LogP contribution in [0.5, 0.6) is 0 Å². The molecule has 3 nitrogen and oxygen atoms in total. The lowest BCUT2D eigenvalue weighted by Gasteiger charge is -2.31. The fraction of sp³-hybridized carbons (Fsp3) is 0.514. The van der Waals surface area contributed by atoms with Gasteiger partial charge in [0, 0.05) is 23.0 Å². The smallest absolute Gasteiger partial charge is 0.0349 e. The van der Waals surface area contributed by atoms with Gasteiger partial charge in [0.25, 0.3) is 0 Å². The summed E-state index contributed by atoms with van der Waals surface area (Å²) in [7, 11) is 0. The largest absolute Gasteiger partial charge is 0.398 e. The average molecular weight is 542 g/mol. The zero-order valence-corrected chi connectivity index (χ0v) is 26.3. The Balaban J connectivity index is 2.53. The first-order valence-corrected chi connectivity index (χ1v) is 16.1. The molecule has 40 heavy (non-hydrogen) atoms. The molecule has 0 aliphatic heterocycles. The zero-order valence-electron chi connectivity index (χ0n) is 26.3. The van der Waals surface area contributed by atoms with Crippen LogP contribution in [0.1, 0.15) is 136 Å². The minimum Gasteiger partial charge on any atom is -0.398 e. The van der Waals surface area contributed by atoms with Gasteiger partial charge in [0.05, 0.1) is 0 Å². The van der Waals surface area contributed by atoms with Crippen molar-refractivity contribution in [3.8, 4) is 0 Å². The monoisotopic (exact) mass is 541 g/mol. The molecular weight excluding hydrogens is 486 g/mol. The molecule has 0 amide bonds. The third-order valence-electron chi connectivity index (χ3n) is 8.44. The maximum absolute atomic E-state index is 6.67. The minimum absolute atomic E-state index is 0.119. The molecule has 3 heteroatoms. The zero-order chi connectivity index (χ0) is 29.2. The number of hydrogen-bond acceptors (Lipinski definition) is 3. The Kier molecular flexibility index (Phi) is 12.0. The maximum Gasteiger partial charge on any atom is 0.0349 e. The van der Waals surface area contributed by atoms with Crippen molar-refractivity contribution in [1.82, 2.24) is 0 Å². The molecule has 0 bridgehead atoms. The summed E-state index contributed by atoms with van der Waals surface area (Å²) in [4.78, 5) is 0. The molecule has 218 valence electrons. The van der Waals surface area contributed by atoms with Gasteiger partial charge in [-0.25, -0.2) is 0 Å². The highest BCUT2D eigenvalue weighted by molar-refractivity contribution is 5.65. The lowest BCUT2D eigenvalue weighted by atomic mass is 9.74. The van der Waals surface area contributed by atoms with Gasteiger partial charge in [0.15, 0.2) is 0 Å². The van der Waals surface area contributed by atoms with Crippen molar-refractivity contribution < 1.29 is 0 Å². The van der Waals surface area contributed by atoms with E-state index in [-0.39, 0.29) is 5.92 Å². The van der Waals surface area contributed by atoms with Crippen LogP contribution in [0, 0.1) is 0 Å². The third kappa shape index (κ3) is 6.67. The fourth-order valence-electron chi connectivity index (χ4n) is 6.77. The highest BCUT2D eigenvalue weighted by Crippen LogP contribution is 2.44. The molecule has 0 radical (unpaired) electrons. The van der Waals surface area contributed by atoms with Gasteiger partial charge in [0.1, 0.15) is 0 Å². The number of anilines is 3. The van der Waals surface area contributed by atoms with Gasteiger partial charge in [0.2, 0.25) is 0 Å². The van der Waals surface area contributed by atoms with E-state index in [1.54, 1.807) is 0 Å².